The van der Waals surface area contributed by atoms with Gasteiger partial charge in [-0.2, -0.15) is 0 Å². The van der Waals surface area contributed by atoms with Crippen LogP contribution in [0.15, 0.2) is 42.6 Å². The van der Waals surface area contributed by atoms with E-state index in [1.54, 1.807) is 0 Å². The molecule has 0 aliphatic carbocycles. The zero-order valence-electron chi connectivity index (χ0n) is 13.1. The number of rotatable bonds is 2. The van der Waals surface area contributed by atoms with Crippen molar-refractivity contribution in [2.24, 2.45) is 5.92 Å². The summed E-state index contributed by atoms with van der Waals surface area (Å²) in [5, 5.41) is 10.2. The number of aromatic amines is 1. The Kier molecular flexibility index (Phi) is 2.73. The smallest absolute Gasteiger partial charge is 0.151 e. The van der Waals surface area contributed by atoms with Gasteiger partial charge in [-0.1, -0.05) is 18.2 Å². The molecule has 0 bridgehead atoms. The van der Waals surface area contributed by atoms with Crippen molar-refractivity contribution in [2.75, 3.05) is 31.6 Å². The van der Waals surface area contributed by atoms with E-state index in [-0.39, 0.29) is 0 Å². The van der Waals surface area contributed by atoms with Crippen molar-refractivity contribution < 1.29 is 0 Å². The number of benzene rings is 1. The Balaban J connectivity index is 1.44. The third-order valence-electron chi connectivity index (χ3n) is 5.33. The first kappa shape index (κ1) is 13.1. The fourth-order valence-electron chi connectivity index (χ4n) is 4.01. The molecule has 5 nitrogen and oxygen atoms in total. The van der Waals surface area contributed by atoms with Crippen LogP contribution in [0.2, 0.25) is 0 Å². The van der Waals surface area contributed by atoms with Crippen molar-refractivity contribution in [3.8, 4) is 11.3 Å². The van der Waals surface area contributed by atoms with Crippen LogP contribution < -0.4 is 4.90 Å². The van der Waals surface area contributed by atoms with Crippen LogP contribution in [0.1, 0.15) is 0 Å². The average molecular weight is 305 g/mol. The van der Waals surface area contributed by atoms with Gasteiger partial charge in [0.1, 0.15) is 0 Å². The van der Waals surface area contributed by atoms with E-state index < -0.39 is 0 Å². The number of fused-ring (bicyclic) bond motifs is 2. The highest BCUT2D eigenvalue weighted by atomic mass is 15.3. The Hall–Kier alpha value is -2.40. The molecule has 1 N–H and O–H groups in total. The molecule has 2 aliphatic heterocycles. The van der Waals surface area contributed by atoms with Gasteiger partial charge in [-0.3, -0.25) is 0 Å². The molecule has 1 aromatic carbocycles. The number of nitrogens with one attached hydrogen (secondary N) is 1. The number of hydrogen-bond acceptors (Lipinski definition) is 4. The summed E-state index contributed by atoms with van der Waals surface area (Å²) in [5.74, 6) is 1.80. The summed E-state index contributed by atoms with van der Waals surface area (Å²) >= 11 is 0. The van der Waals surface area contributed by atoms with Gasteiger partial charge in [0.2, 0.25) is 0 Å². The molecular weight excluding hydrogens is 286 g/mol. The van der Waals surface area contributed by atoms with Crippen LogP contribution in [0.5, 0.6) is 0 Å². The van der Waals surface area contributed by atoms with E-state index in [0.717, 1.165) is 41.6 Å². The molecule has 0 spiro atoms. The molecule has 0 amide bonds. The molecule has 0 saturated carbocycles. The summed E-state index contributed by atoms with van der Waals surface area (Å²) in [6.45, 7) is 3.39. The Labute approximate surface area is 134 Å². The zero-order chi connectivity index (χ0) is 15.4. The molecule has 2 fully saturated rings. The topological polar surface area (TPSA) is 48.0 Å². The van der Waals surface area contributed by atoms with Crippen LogP contribution in [-0.2, 0) is 0 Å². The number of hydrogen-bond donors (Lipinski definition) is 1. The van der Waals surface area contributed by atoms with Crippen molar-refractivity contribution in [3.05, 3.63) is 42.6 Å². The summed E-state index contributed by atoms with van der Waals surface area (Å²) in [7, 11) is 2.20. The summed E-state index contributed by atoms with van der Waals surface area (Å²) in [6, 6.07) is 13.2. The number of anilines is 1. The van der Waals surface area contributed by atoms with Gasteiger partial charge in [-0.05, 0) is 25.2 Å². The molecule has 0 radical (unpaired) electrons. The van der Waals surface area contributed by atoms with Gasteiger partial charge in [0, 0.05) is 54.3 Å². The quantitative estimate of drug-likeness (QED) is 0.790. The van der Waals surface area contributed by atoms with Crippen molar-refractivity contribution in [2.45, 2.75) is 6.04 Å². The first-order chi connectivity index (χ1) is 11.3. The van der Waals surface area contributed by atoms with Crippen molar-refractivity contribution in [1.82, 2.24) is 20.1 Å². The van der Waals surface area contributed by atoms with Crippen LogP contribution >= 0.6 is 0 Å². The Bertz CT molecular complexity index is 853. The van der Waals surface area contributed by atoms with Crippen LogP contribution in [0.3, 0.4) is 0 Å². The van der Waals surface area contributed by atoms with E-state index in [1.807, 2.05) is 12.3 Å². The van der Waals surface area contributed by atoms with E-state index >= 15 is 0 Å². The Morgan fingerprint density at radius 1 is 1.04 bits per heavy atom. The van der Waals surface area contributed by atoms with Gasteiger partial charge in [-0.25, -0.2) is 0 Å². The maximum absolute atomic E-state index is 4.49. The van der Waals surface area contributed by atoms with E-state index in [4.69, 9.17) is 0 Å². The third kappa shape index (κ3) is 1.96. The predicted molar refractivity (Wildman–Crippen MR) is 91.4 cm³/mol. The second-order valence-electron chi connectivity index (χ2n) is 6.70. The molecular formula is C18H19N5. The maximum atomic E-state index is 4.49. The fourth-order valence-corrected chi connectivity index (χ4v) is 4.01. The average Bonchev–Trinajstić information content (AvgIpc) is 3.16. The van der Waals surface area contributed by atoms with Crippen LogP contribution in [0, 0.1) is 5.92 Å². The fraction of sp³-hybridized carbons (Fsp3) is 0.333. The summed E-state index contributed by atoms with van der Waals surface area (Å²) in [6.07, 6.45) is 2.01. The Morgan fingerprint density at radius 2 is 1.96 bits per heavy atom. The molecule has 2 atom stereocenters. The zero-order valence-corrected chi connectivity index (χ0v) is 13.1. The highest BCUT2D eigenvalue weighted by Crippen LogP contribution is 2.33. The molecule has 4 heterocycles. The monoisotopic (exact) mass is 305 g/mol. The van der Waals surface area contributed by atoms with Crippen molar-refractivity contribution >= 4 is 16.7 Å². The van der Waals surface area contributed by atoms with Crippen molar-refractivity contribution in [3.63, 3.8) is 0 Å². The maximum Gasteiger partial charge on any atom is 0.151 e. The summed E-state index contributed by atoms with van der Waals surface area (Å²) in [5.41, 5.74) is 3.17. The van der Waals surface area contributed by atoms with E-state index in [9.17, 15) is 0 Å². The first-order valence-electron chi connectivity index (χ1n) is 8.15. The number of likely N-dealkylation sites (N-methyl/N-ethyl adjacent to an activating group) is 1. The molecule has 3 aromatic rings. The van der Waals surface area contributed by atoms with Crippen LogP contribution in [-0.4, -0.2) is 52.8 Å². The molecule has 23 heavy (non-hydrogen) atoms. The number of para-hydroxylation sites is 1. The summed E-state index contributed by atoms with van der Waals surface area (Å²) < 4.78 is 0. The van der Waals surface area contributed by atoms with Gasteiger partial charge in [0.25, 0.3) is 0 Å². The van der Waals surface area contributed by atoms with Gasteiger partial charge >= 0.3 is 0 Å². The number of aromatic nitrogens is 3. The minimum Gasteiger partial charge on any atom is -0.360 e. The van der Waals surface area contributed by atoms with Gasteiger partial charge in [0.05, 0.1) is 5.69 Å². The lowest BCUT2D eigenvalue weighted by Gasteiger charge is -2.40. The third-order valence-corrected chi connectivity index (χ3v) is 5.33. The lowest BCUT2D eigenvalue weighted by molar-refractivity contribution is 0.0827. The van der Waals surface area contributed by atoms with Gasteiger partial charge in [-0.15, -0.1) is 10.2 Å². The highest BCUT2D eigenvalue weighted by Gasteiger charge is 2.43. The number of H-pyrrole nitrogens is 1. The molecule has 5 rings (SSSR count). The molecule has 116 valence electrons. The van der Waals surface area contributed by atoms with E-state index in [0.29, 0.717) is 6.04 Å². The second-order valence-corrected chi connectivity index (χ2v) is 6.70. The normalized spacial score (nSPS) is 24.0. The molecule has 2 unspecified atom stereocenters. The first-order valence-corrected chi connectivity index (χ1v) is 8.15. The molecule has 5 heteroatoms. The Morgan fingerprint density at radius 3 is 2.74 bits per heavy atom. The van der Waals surface area contributed by atoms with Crippen molar-refractivity contribution in [1.29, 1.82) is 0 Å². The standard InChI is InChI=1S/C18H19N5/c1-22-9-12-10-23(11-17(12)22)18-7-6-16(20-21-18)14-8-19-15-5-3-2-4-13(14)15/h2-8,12,17,19H,9-11H2,1H3. The van der Waals surface area contributed by atoms with E-state index in [1.165, 1.54) is 11.9 Å². The van der Waals surface area contributed by atoms with Crippen LogP contribution in [0.25, 0.3) is 22.2 Å². The second kappa shape index (κ2) is 4.80. The van der Waals surface area contributed by atoms with E-state index in [2.05, 4.69) is 62.4 Å². The lowest BCUT2D eigenvalue weighted by Crippen LogP contribution is -2.52. The molecule has 2 aliphatic rings. The summed E-state index contributed by atoms with van der Waals surface area (Å²) in [4.78, 5) is 8.09. The van der Waals surface area contributed by atoms with Gasteiger partial charge in [0.15, 0.2) is 5.82 Å². The minimum atomic E-state index is 0.699. The SMILES string of the molecule is CN1CC2CN(c3ccc(-c4c[nH]c5ccccc45)nn3)CC21. The predicted octanol–water partition coefficient (Wildman–Crippen LogP) is 2.38. The van der Waals surface area contributed by atoms with Crippen LogP contribution in [0.4, 0.5) is 5.82 Å². The lowest BCUT2D eigenvalue weighted by atomic mass is 9.93. The minimum absolute atomic E-state index is 0.699. The number of likely N-dealkylation sites (tertiary alicyclic amines) is 1. The number of nitrogens with zero attached hydrogens (tertiary/aromatic N) is 4. The largest absolute Gasteiger partial charge is 0.360 e. The molecule has 2 saturated heterocycles. The highest BCUT2D eigenvalue weighted by molar-refractivity contribution is 5.94. The molecule has 2 aromatic heterocycles. The van der Waals surface area contributed by atoms with Gasteiger partial charge < -0.3 is 14.8 Å².